The number of rotatable bonds is 4. The molecule has 112 valence electrons. The average Bonchev–Trinajstić information content (AvgIpc) is 2.68. The number of halogens is 1. The van der Waals surface area contributed by atoms with Crippen molar-refractivity contribution in [2.45, 2.75) is 57.5 Å². The molecule has 6 heteroatoms. The lowest BCUT2D eigenvalue weighted by molar-refractivity contribution is -0.130. The summed E-state index contributed by atoms with van der Waals surface area (Å²) in [7, 11) is -1.84. The van der Waals surface area contributed by atoms with Crippen LogP contribution in [0.15, 0.2) is 0 Å². The third-order valence-corrected chi connectivity index (χ3v) is 9.05. The molecule has 1 aliphatic heterocycles. The molecule has 4 nitrogen and oxygen atoms in total. The number of nitrogens with zero attached hydrogens (tertiary/aromatic N) is 1. The molecule has 2 atom stereocenters. The lowest BCUT2D eigenvalue weighted by atomic mass is 10.2. The number of hydrogen-bond acceptors (Lipinski definition) is 3. The Morgan fingerprint density at radius 2 is 2.05 bits per heavy atom. The van der Waals surface area contributed by atoms with Crippen LogP contribution in [0.2, 0.25) is 18.1 Å². The minimum atomic E-state index is -1.84. The normalized spacial score (nSPS) is 24.9. The Morgan fingerprint density at radius 3 is 2.47 bits per heavy atom. The van der Waals surface area contributed by atoms with E-state index in [-0.39, 0.29) is 35.6 Å². The molecule has 1 aliphatic rings. The van der Waals surface area contributed by atoms with Crippen LogP contribution < -0.4 is 0 Å². The second-order valence-corrected chi connectivity index (χ2v) is 11.8. The number of aliphatic hydroxyl groups is 1. The molecular formula is C13H26ClNO3Si. The highest BCUT2D eigenvalue weighted by molar-refractivity contribution is 6.74. The Kier molecular flexibility index (Phi) is 5.46. The van der Waals surface area contributed by atoms with Crippen LogP contribution in [-0.4, -0.2) is 55.4 Å². The maximum Gasteiger partial charge on any atom is 0.237 e. The summed E-state index contributed by atoms with van der Waals surface area (Å²) < 4.78 is 6.31. The van der Waals surface area contributed by atoms with Gasteiger partial charge < -0.3 is 14.4 Å². The summed E-state index contributed by atoms with van der Waals surface area (Å²) in [5, 5.41) is 9.52. The van der Waals surface area contributed by atoms with Crippen LogP contribution in [0.4, 0.5) is 0 Å². The van der Waals surface area contributed by atoms with E-state index in [1.54, 1.807) is 4.90 Å². The van der Waals surface area contributed by atoms with E-state index in [0.717, 1.165) is 0 Å². The summed E-state index contributed by atoms with van der Waals surface area (Å²) in [5.74, 6) is -0.161. The van der Waals surface area contributed by atoms with E-state index in [9.17, 15) is 9.90 Å². The van der Waals surface area contributed by atoms with Gasteiger partial charge in [-0.05, 0) is 24.6 Å². The van der Waals surface area contributed by atoms with Crippen LogP contribution in [0, 0.1) is 0 Å². The van der Waals surface area contributed by atoms with Gasteiger partial charge in [0.1, 0.15) is 5.88 Å². The minimum absolute atomic E-state index is 0.0187. The molecule has 1 N–H and O–H groups in total. The smallest absolute Gasteiger partial charge is 0.237 e. The van der Waals surface area contributed by atoms with Gasteiger partial charge in [-0.3, -0.25) is 4.79 Å². The Labute approximate surface area is 122 Å². The van der Waals surface area contributed by atoms with Crippen molar-refractivity contribution in [1.82, 2.24) is 4.90 Å². The first kappa shape index (κ1) is 16.9. The largest absolute Gasteiger partial charge is 0.412 e. The first-order valence-electron chi connectivity index (χ1n) is 6.76. The molecule has 0 bridgehead atoms. The lowest BCUT2D eigenvalue weighted by Crippen LogP contribution is -2.45. The molecule has 0 unspecified atom stereocenters. The van der Waals surface area contributed by atoms with E-state index in [1.807, 2.05) is 0 Å². The summed E-state index contributed by atoms with van der Waals surface area (Å²) in [4.78, 5) is 13.4. The van der Waals surface area contributed by atoms with Crippen LogP contribution in [0.1, 0.15) is 27.2 Å². The topological polar surface area (TPSA) is 49.8 Å². The summed E-state index contributed by atoms with van der Waals surface area (Å²) in [6.07, 6.45) is 0.719. The SMILES string of the molecule is CC(C)(C)[Si](C)(C)O[C@@H]1C[C@@H](CO)N(C(=O)CCl)C1. The van der Waals surface area contributed by atoms with Gasteiger partial charge in [0.05, 0.1) is 18.8 Å². The first-order chi connectivity index (χ1) is 8.62. The zero-order chi connectivity index (χ0) is 14.8. The molecule has 0 aromatic carbocycles. The van der Waals surface area contributed by atoms with Gasteiger partial charge in [-0.2, -0.15) is 0 Å². The van der Waals surface area contributed by atoms with Crippen LogP contribution in [-0.2, 0) is 9.22 Å². The van der Waals surface area contributed by atoms with Crippen molar-refractivity contribution in [3.8, 4) is 0 Å². The average molecular weight is 308 g/mol. The Bertz CT molecular complexity index is 330. The van der Waals surface area contributed by atoms with Crippen LogP contribution in [0.3, 0.4) is 0 Å². The van der Waals surface area contributed by atoms with E-state index in [4.69, 9.17) is 16.0 Å². The second kappa shape index (κ2) is 6.12. The minimum Gasteiger partial charge on any atom is -0.412 e. The number of amides is 1. The number of carbonyl (C=O) groups is 1. The van der Waals surface area contributed by atoms with E-state index < -0.39 is 8.32 Å². The van der Waals surface area contributed by atoms with Gasteiger partial charge in [0.15, 0.2) is 8.32 Å². The van der Waals surface area contributed by atoms with Gasteiger partial charge in [0, 0.05) is 6.54 Å². The highest BCUT2D eigenvalue weighted by Gasteiger charge is 2.43. The summed E-state index contributed by atoms with van der Waals surface area (Å²) in [6, 6.07) is -0.152. The van der Waals surface area contributed by atoms with Gasteiger partial charge in [-0.1, -0.05) is 20.8 Å². The predicted octanol–water partition coefficient (Wildman–Crippen LogP) is 2.21. The van der Waals surface area contributed by atoms with Crippen molar-refractivity contribution in [2.75, 3.05) is 19.0 Å². The highest BCUT2D eigenvalue weighted by atomic mass is 35.5. The summed E-state index contributed by atoms with van der Waals surface area (Å²) in [6.45, 7) is 11.5. The van der Waals surface area contributed by atoms with Gasteiger partial charge in [-0.15, -0.1) is 11.6 Å². The number of aliphatic hydroxyl groups excluding tert-OH is 1. The molecule has 0 spiro atoms. The Balaban J connectivity index is 2.71. The number of hydrogen-bond donors (Lipinski definition) is 1. The monoisotopic (exact) mass is 307 g/mol. The Hall–Kier alpha value is -0.103. The summed E-state index contributed by atoms with van der Waals surface area (Å²) in [5.41, 5.74) is 0. The summed E-state index contributed by atoms with van der Waals surface area (Å²) >= 11 is 5.60. The third kappa shape index (κ3) is 3.94. The fourth-order valence-corrected chi connectivity index (χ4v) is 3.62. The van der Waals surface area contributed by atoms with Gasteiger partial charge in [0.2, 0.25) is 5.91 Å². The van der Waals surface area contributed by atoms with Crippen molar-refractivity contribution in [2.24, 2.45) is 0 Å². The van der Waals surface area contributed by atoms with Gasteiger partial charge in [-0.25, -0.2) is 0 Å². The van der Waals surface area contributed by atoms with E-state index in [0.29, 0.717) is 13.0 Å². The van der Waals surface area contributed by atoms with Crippen molar-refractivity contribution in [1.29, 1.82) is 0 Å². The molecule has 0 aliphatic carbocycles. The molecule has 1 heterocycles. The maximum atomic E-state index is 11.7. The quantitative estimate of drug-likeness (QED) is 0.640. The molecule has 0 aromatic rings. The van der Waals surface area contributed by atoms with E-state index in [1.165, 1.54) is 0 Å². The molecule has 1 rings (SSSR count). The van der Waals surface area contributed by atoms with Gasteiger partial charge in [0.25, 0.3) is 0 Å². The first-order valence-corrected chi connectivity index (χ1v) is 10.2. The maximum absolute atomic E-state index is 11.7. The second-order valence-electron chi connectivity index (χ2n) is 6.75. The number of carbonyl (C=O) groups excluding carboxylic acids is 1. The molecule has 1 fully saturated rings. The molecule has 19 heavy (non-hydrogen) atoms. The zero-order valence-electron chi connectivity index (χ0n) is 12.6. The van der Waals surface area contributed by atoms with E-state index in [2.05, 4.69) is 33.9 Å². The van der Waals surface area contributed by atoms with Crippen molar-refractivity contribution in [3.63, 3.8) is 0 Å². The molecular weight excluding hydrogens is 282 g/mol. The number of alkyl halides is 1. The van der Waals surface area contributed by atoms with E-state index >= 15 is 0 Å². The fraction of sp³-hybridized carbons (Fsp3) is 0.923. The molecule has 0 radical (unpaired) electrons. The third-order valence-electron chi connectivity index (χ3n) is 4.29. The van der Waals surface area contributed by atoms with Crippen molar-refractivity contribution in [3.05, 3.63) is 0 Å². The van der Waals surface area contributed by atoms with Gasteiger partial charge >= 0.3 is 0 Å². The Morgan fingerprint density at radius 1 is 1.47 bits per heavy atom. The van der Waals surface area contributed by atoms with Crippen LogP contribution in [0.25, 0.3) is 0 Å². The van der Waals surface area contributed by atoms with Crippen LogP contribution >= 0.6 is 11.6 Å². The molecule has 0 aromatic heterocycles. The molecule has 1 amide bonds. The standard InChI is InChI=1S/C13H26ClNO3Si/c1-13(2,3)19(4,5)18-11-6-10(9-16)15(8-11)12(17)7-14/h10-11,16H,6-9H2,1-5H3/t10-,11+/m0/s1. The fourth-order valence-electron chi connectivity index (χ4n) is 2.11. The zero-order valence-corrected chi connectivity index (χ0v) is 14.3. The van der Waals surface area contributed by atoms with Crippen LogP contribution in [0.5, 0.6) is 0 Å². The lowest BCUT2D eigenvalue weighted by Gasteiger charge is -2.38. The molecule has 1 saturated heterocycles. The predicted molar refractivity (Wildman–Crippen MR) is 80.0 cm³/mol. The molecule has 0 saturated carbocycles. The number of likely N-dealkylation sites (tertiary alicyclic amines) is 1. The van der Waals surface area contributed by atoms with Crippen molar-refractivity contribution >= 4 is 25.8 Å². The highest BCUT2D eigenvalue weighted by Crippen LogP contribution is 2.38. The van der Waals surface area contributed by atoms with Crippen molar-refractivity contribution < 1.29 is 14.3 Å².